The van der Waals surface area contributed by atoms with Gasteiger partial charge in [0.25, 0.3) is 0 Å². The monoisotopic (exact) mass is 361 g/mol. The molecule has 2 aromatic heterocycles. The first-order valence-corrected chi connectivity index (χ1v) is 8.74. The molecule has 1 amide bonds. The van der Waals surface area contributed by atoms with Gasteiger partial charge in [0, 0.05) is 19.4 Å². The predicted octanol–water partition coefficient (Wildman–Crippen LogP) is 1.07. The average Bonchev–Trinajstić information content (AvgIpc) is 3.33. The Balaban J connectivity index is 1.88. The Hall–Kier alpha value is -2.55. The van der Waals surface area contributed by atoms with Crippen molar-refractivity contribution in [3.8, 4) is 11.5 Å². The maximum Gasteiger partial charge on any atom is 0.248 e. The molecule has 1 N–H and O–H groups in total. The van der Waals surface area contributed by atoms with Crippen LogP contribution in [0.25, 0.3) is 11.5 Å². The van der Waals surface area contributed by atoms with Crippen LogP contribution in [-0.2, 0) is 9.59 Å². The number of oxazole rings is 1. The number of ketones is 1. The summed E-state index contributed by atoms with van der Waals surface area (Å²) in [7, 11) is 0. The zero-order valence-corrected chi connectivity index (χ0v) is 15.1. The summed E-state index contributed by atoms with van der Waals surface area (Å²) < 4.78 is 6.70. The Morgan fingerprint density at radius 1 is 1.42 bits per heavy atom. The van der Waals surface area contributed by atoms with E-state index in [1.165, 1.54) is 22.2 Å². The lowest BCUT2D eigenvalue weighted by molar-refractivity contribution is -0.141. The Morgan fingerprint density at radius 2 is 2.19 bits per heavy atom. The van der Waals surface area contributed by atoms with Crippen LogP contribution >= 0.6 is 0 Å². The van der Waals surface area contributed by atoms with Crippen LogP contribution in [0.4, 0.5) is 0 Å². The van der Waals surface area contributed by atoms with Gasteiger partial charge in [-0.05, 0) is 5.92 Å². The number of carbonyl (C=O) groups excluding carboxylic acids is 2. The Morgan fingerprint density at radius 3 is 2.81 bits per heavy atom. The van der Waals surface area contributed by atoms with Gasteiger partial charge < -0.3 is 14.4 Å². The van der Waals surface area contributed by atoms with Gasteiger partial charge in [-0.1, -0.05) is 26.0 Å². The van der Waals surface area contributed by atoms with Crippen LogP contribution in [0, 0.1) is 5.92 Å². The Labute approximate surface area is 151 Å². The lowest BCUT2D eigenvalue weighted by Crippen LogP contribution is -2.45. The molecule has 3 heterocycles. The van der Waals surface area contributed by atoms with Gasteiger partial charge in [-0.3, -0.25) is 9.59 Å². The molecule has 1 aliphatic heterocycles. The number of Topliss-reactive ketones (excluding diaryl/α,β-unsaturated/α-hetero) is 1. The fraction of sp³-hybridized carbons (Fsp3) is 0.588. The second-order valence-corrected chi connectivity index (χ2v) is 6.85. The number of aliphatic hydroxyl groups excluding tert-OH is 1. The molecule has 1 aliphatic rings. The van der Waals surface area contributed by atoms with E-state index in [1.54, 1.807) is 13.1 Å². The van der Waals surface area contributed by atoms with Crippen molar-refractivity contribution in [2.75, 3.05) is 6.54 Å². The summed E-state index contributed by atoms with van der Waals surface area (Å²) in [5.41, 5.74) is 0.476. The fourth-order valence-corrected chi connectivity index (χ4v) is 3.34. The predicted molar refractivity (Wildman–Crippen MR) is 90.8 cm³/mol. The summed E-state index contributed by atoms with van der Waals surface area (Å²) in [6.45, 7) is 5.72. The van der Waals surface area contributed by atoms with E-state index >= 15 is 0 Å². The van der Waals surface area contributed by atoms with Crippen molar-refractivity contribution in [2.24, 2.45) is 5.92 Å². The second kappa shape index (κ2) is 7.36. The van der Waals surface area contributed by atoms with E-state index in [0.717, 1.165) is 0 Å². The van der Waals surface area contributed by atoms with Gasteiger partial charge in [0.05, 0.1) is 24.5 Å². The summed E-state index contributed by atoms with van der Waals surface area (Å²) >= 11 is 0. The van der Waals surface area contributed by atoms with Crippen LogP contribution in [0.5, 0.6) is 0 Å². The first-order valence-electron chi connectivity index (χ1n) is 8.74. The van der Waals surface area contributed by atoms with Crippen molar-refractivity contribution >= 4 is 11.7 Å². The lowest BCUT2D eigenvalue weighted by atomic mass is 10.0. The van der Waals surface area contributed by atoms with Crippen molar-refractivity contribution < 1.29 is 19.1 Å². The van der Waals surface area contributed by atoms with Crippen molar-refractivity contribution in [2.45, 2.75) is 51.8 Å². The first-order chi connectivity index (χ1) is 12.4. The SMILES string of the molecule is CCC(=O)C1CC(O)CN1C(=O)C(C(C)C)n1cc(-c2cnco2)nn1. The van der Waals surface area contributed by atoms with Crippen LogP contribution in [0.2, 0.25) is 0 Å². The minimum Gasteiger partial charge on any atom is -0.442 e. The summed E-state index contributed by atoms with van der Waals surface area (Å²) in [5.74, 6) is 0.0967. The van der Waals surface area contributed by atoms with Gasteiger partial charge in [-0.2, -0.15) is 0 Å². The maximum absolute atomic E-state index is 13.2. The Bertz CT molecular complexity index is 770. The van der Waals surface area contributed by atoms with Crippen molar-refractivity contribution in [3.63, 3.8) is 0 Å². The number of nitrogens with zero attached hydrogens (tertiary/aromatic N) is 5. The van der Waals surface area contributed by atoms with Gasteiger partial charge in [-0.15, -0.1) is 5.10 Å². The molecule has 3 rings (SSSR count). The smallest absolute Gasteiger partial charge is 0.248 e. The third-order valence-corrected chi connectivity index (χ3v) is 4.65. The third kappa shape index (κ3) is 3.39. The molecule has 1 saturated heterocycles. The molecular weight excluding hydrogens is 338 g/mol. The average molecular weight is 361 g/mol. The topological polar surface area (TPSA) is 114 Å². The molecule has 140 valence electrons. The number of amides is 1. The summed E-state index contributed by atoms with van der Waals surface area (Å²) in [5, 5.41) is 18.1. The van der Waals surface area contributed by atoms with Gasteiger partial charge in [0.15, 0.2) is 17.9 Å². The minimum absolute atomic E-state index is 0.0432. The zero-order chi connectivity index (χ0) is 18.8. The third-order valence-electron chi connectivity index (χ3n) is 4.65. The largest absolute Gasteiger partial charge is 0.442 e. The number of hydrogen-bond acceptors (Lipinski definition) is 7. The van der Waals surface area contributed by atoms with Crippen molar-refractivity contribution in [3.05, 3.63) is 18.8 Å². The first kappa shape index (κ1) is 18.2. The van der Waals surface area contributed by atoms with Crippen LogP contribution in [-0.4, -0.2) is 60.4 Å². The number of aromatic nitrogens is 4. The van der Waals surface area contributed by atoms with E-state index < -0.39 is 18.2 Å². The molecular formula is C17H23N5O4. The van der Waals surface area contributed by atoms with E-state index in [4.69, 9.17) is 4.42 Å². The molecule has 0 spiro atoms. The zero-order valence-electron chi connectivity index (χ0n) is 15.1. The minimum atomic E-state index is -0.687. The van der Waals surface area contributed by atoms with Crippen LogP contribution in [0.1, 0.15) is 39.7 Å². The van der Waals surface area contributed by atoms with Crippen LogP contribution in [0.15, 0.2) is 23.2 Å². The molecule has 0 saturated carbocycles. The van der Waals surface area contributed by atoms with E-state index in [1.807, 2.05) is 13.8 Å². The summed E-state index contributed by atoms with van der Waals surface area (Å²) in [6.07, 6.45) is 4.37. The highest BCUT2D eigenvalue weighted by atomic mass is 16.3. The lowest BCUT2D eigenvalue weighted by Gasteiger charge is -2.29. The molecule has 9 nitrogen and oxygen atoms in total. The molecule has 3 unspecified atom stereocenters. The fourth-order valence-electron chi connectivity index (χ4n) is 3.34. The number of β-amino-alcohol motifs (C(OH)–C–C–N with tert-alkyl or cyclic N) is 1. The summed E-state index contributed by atoms with van der Waals surface area (Å²) in [6, 6.07) is -1.21. The van der Waals surface area contributed by atoms with Crippen molar-refractivity contribution in [1.82, 2.24) is 24.9 Å². The molecule has 26 heavy (non-hydrogen) atoms. The highest BCUT2D eigenvalue weighted by Gasteiger charge is 2.41. The number of carbonyl (C=O) groups is 2. The van der Waals surface area contributed by atoms with Crippen LogP contribution < -0.4 is 0 Å². The molecule has 0 aliphatic carbocycles. The maximum atomic E-state index is 13.2. The number of rotatable bonds is 6. The molecule has 0 bridgehead atoms. The van der Waals surface area contributed by atoms with Gasteiger partial charge >= 0.3 is 0 Å². The van der Waals surface area contributed by atoms with Gasteiger partial charge in [0.1, 0.15) is 11.7 Å². The van der Waals surface area contributed by atoms with E-state index in [9.17, 15) is 14.7 Å². The van der Waals surface area contributed by atoms with Gasteiger partial charge in [-0.25, -0.2) is 9.67 Å². The molecule has 9 heteroatoms. The standard InChI is InChI=1S/C17H23N5O4/c1-4-14(24)13-5-11(23)7-21(13)17(25)16(10(2)3)22-8-12(19-20-22)15-6-18-9-26-15/h6,8-11,13,16,23H,4-5,7H2,1-3H3. The van der Waals surface area contributed by atoms with Gasteiger partial charge in [0.2, 0.25) is 5.91 Å². The van der Waals surface area contributed by atoms with E-state index in [0.29, 0.717) is 17.9 Å². The van der Waals surface area contributed by atoms with Crippen LogP contribution in [0.3, 0.4) is 0 Å². The van der Waals surface area contributed by atoms with Crippen molar-refractivity contribution in [1.29, 1.82) is 0 Å². The molecule has 0 radical (unpaired) electrons. The molecule has 0 aromatic carbocycles. The number of likely N-dealkylation sites (tertiary alicyclic amines) is 1. The number of aliphatic hydroxyl groups is 1. The van der Waals surface area contributed by atoms with E-state index in [2.05, 4.69) is 15.3 Å². The highest BCUT2D eigenvalue weighted by molar-refractivity contribution is 5.91. The quantitative estimate of drug-likeness (QED) is 0.818. The Kier molecular flexibility index (Phi) is 5.17. The molecule has 2 aromatic rings. The summed E-state index contributed by atoms with van der Waals surface area (Å²) in [4.78, 5) is 30.7. The highest BCUT2D eigenvalue weighted by Crippen LogP contribution is 2.28. The second-order valence-electron chi connectivity index (χ2n) is 6.85. The molecule has 3 atom stereocenters. The normalized spacial score (nSPS) is 21.3. The number of hydrogen-bond donors (Lipinski definition) is 1. The molecule has 1 fully saturated rings. The van der Waals surface area contributed by atoms with E-state index in [-0.39, 0.29) is 30.6 Å².